The SMILES string of the molecule is CC(C)CC(=O)Oc1ccc(C[C@H](NCC(C)OC(=O)CC(C)(C)C)C(=O)O)cc1OC(=O)CC(C)C. The van der Waals surface area contributed by atoms with Gasteiger partial charge in [-0.25, -0.2) is 0 Å². The highest BCUT2D eigenvalue weighted by molar-refractivity contribution is 5.77. The molecule has 0 radical (unpaired) electrons. The summed E-state index contributed by atoms with van der Waals surface area (Å²) in [6.45, 7) is 15.2. The highest BCUT2D eigenvalue weighted by Gasteiger charge is 2.23. The van der Waals surface area contributed by atoms with Crippen molar-refractivity contribution in [1.82, 2.24) is 5.32 Å². The van der Waals surface area contributed by atoms with E-state index in [1.165, 1.54) is 12.1 Å². The van der Waals surface area contributed by atoms with Crippen LogP contribution < -0.4 is 14.8 Å². The number of hydrogen-bond acceptors (Lipinski definition) is 8. The van der Waals surface area contributed by atoms with Gasteiger partial charge < -0.3 is 24.6 Å². The molecule has 9 heteroatoms. The summed E-state index contributed by atoms with van der Waals surface area (Å²) in [5.74, 6) is -2.03. The average Bonchev–Trinajstić information content (AvgIpc) is 2.69. The van der Waals surface area contributed by atoms with E-state index >= 15 is 0 Å². The Morgan fingerprint density at radius 3 is 1.89 bits per heavy atom. The van der Waals surface area contributed by atoms with Crippen molar-refractivity contribution in [2.75, 3.05) is 6.54 Å². The minimum atomic E-state index is -1.08. The lowest BCUT2D eigenvalue weighted by molar-refractivity contribution is -0.150. The van der Waals surface area contributed by atoms with Gasteiger partial charge in [-0.2, -0.15) is 0 Å². The Kier molecular flexibility index (Phi) is 12.8. The van der Waals surface area contributed by atoms with Crippen LogP contribution in [0.15, 0.2) is 18.2 Å². The summed E-state index contributed by atoms with van der Waals surface area (Å²) in [5, 5.41) is 12.6. The smallest absolute Gasteiger partial charge is 0.321 e. The minimum absolute atomic E-state index is 0.0624. The molecule has 1 rings (SSSR count). The van der Waals surface area contributed by atoms with Gasteiger partial charge in [0.05, 0.1) is 6.42 Å². The highest BCUT2D eigenvalue weighted by Crippen LogP contribution is 2.30. The normalized spacial score (nSPS) is 13.2. The van der Waals surface area contributed by atoms with Crippen LogP contribution in [0, 0.1) is 17.3 Å². The van der Waals surface area contributed by atoms with Gasteiger partial charge >= 0.3 is 23.9 Å². The number of aliphatic carboxylic acids is 1. The van der Waals surface area contributed by atoms with Crippen LogP contribution in [0.4, 0.5) is 0 Å². The number of hydrogen-bond donors (Lipinski definition) is 2. The van der Waals surface area contributed by atoms with Crippen LogP contribution in [0.1, 0.15) is 80.2 Å². The van der Waals surface area contributed by atoms with Gasteiger partial charge in [0.15, 0.2) is 11.5 Å². The Balaban J connectivity index is 2.98. The summed E-state index contributed by atoms with van der Waals surface area (Å²) in [7, 11) is 0. The number of esters is 3. The molecule has 0 aromatic heterocycles. The predicted molar refractivity (Wildman–Crippen MR) is 139 cm³/mol. The number of nitrogens with one attached hydrogen (secondary N) is 1. The lowest BCUT2D eigenvalue weighted by atomic mass is 9.92. The standard InChI is InChI=1S/C28H43NO8/c1-17(2)11-24(30)36-22-10-9-20(14-23(22)37-25(31)12-18(3)4)13-21(27(33)34)29-16-19(5)35-26(32)15-28(6,7)8/h9-10,14,17-19,21,29H,11-13,15-16H2,1-8H3,(H,33,34)/t19?,21-/m0/s1. The predicted octanol–water partition coefficient (Wildman–Crippen LogP) is 4.54. The topological polar surface area (TPSA) is 128 Å². The van der Waals surface area contributed by atoms with Crippen molar-refractivity contribution in [3.05, 3.63) is 23.8 Å². The summed E-state index contributed by atoms with van der Waals surface area (Å²) < 4.78 is 16.3. The van der Waals surface area contributed by atoms with Crippen LogP contribution in [0.3, 0.4) is 0 Å². The first-order valence-electron chi connectivity index (χ1n) is 12.8. The number of rotatable bonds is 14. The van der Waals surface area contributed by atoms with Gasteiger partial charge in [-0.15, -0.1) is 0 Å². The third-order valence-corrected chi connectivity index (χ3v) is 5.00. The fourth-order valence-electron chi connectivity index (χ4n) is 3.37. The molecule has 37 heavy (non-hydrogen) atoms. The zero-order chi connectivity index (χ0) is 28.3. The minimum Gasteiger partial charge on any atom is -0.480 e. The second-order valence-electron chi connectivity index (χ2n) is 11.5. The lowest BCUT2D eigenvalue weighted by Crippen LogP contribution is -2.42. The van der Waals surface area contributed by atoms with Crippen molar-refractivity contribution in [2.24, 2.45) is 17.3 Å². The molecular formula is C28H43NO8. The highest BCUT2D eigenvalue weighted by atomic mass is 16.6. The second kappa shape index (κ2) is 14.7. The van der Waals surface area contributed by atoms with E-state index in [0.29, 0.717) is 5.56 Å². The molecule has 1 unspecified atom stereocenters. The molecule has 0 aliphatic rings. The lowest BCUT2D eigenvalue weighted by Gasteiger charge is -2.21. The average molecular weight is 522 g/mol. The summed E-state index contributed by atoms with van der Waals surface area (Å²) in [5.41, 5.74) is 0.354. The Morgan fingerprint density at radius 1 is 0.865 bits per heavy atom. The van der Waals surface area contributed by atoms with Crippen LogP contribution in [0.2, 0.25) is 0 Å². The first kappa shape index (κ1) is 32.1. The van der Waals surface area contributed by atoms with E-state index in [2.05, 4.69) is 5.32 Å². The Bertz CT molecular complexity index is 933. The van der Waals surface area contributed by atoms with E-state index in [4.69, 9.17) is 14.2 Å². The van der Waals surface area contributed by atoms with Crippen LogP contribution in [0.25, 0.3) is 0 Å². The molecule has 0 heterocycles. The van der Waals surface area contributed by atoms with Gasteiger partial charge in [0.1, 0.15) is 12.1 Å². The van der Waals surface area contributed by atoms with Gasteiger partial charge in [-0.3, -0.25) is 19.2 Å². The molecule has 208 valence electrons. The third-order valence-electron chi connectivity index (χ3n) is 5.00. The maximum absolute atomic E-state index is 12.3. The molecule has 1 aromatic carbocycles. The Morgan fingerprint density at radius 2 is 1.41 bits per heavy atom. The van der Waals surface area contributed by atoms with Crippen molar-refractivity contribution in [3.8, 4) is 11.5 Å². The molecule has 9 nitrogen and oxygen atoms in total. The van der Waals surface area contributed by atoms with Crippen LogP contribution >= 0.6 is 0 Å². The van der Waals surface area contributed by atoms with E-state index in [-0.39, 0.29) is 66.9 Å². The fraction of sp³-hybridized carbons (Fsp3) is 0.643. The number of carbonyl (C=O) groups is 4. The maximum atomic E-state index is 12.3. The Hall–Kier alpha value is -2.94. The molecule has 0 bridgehead atoms. The quantitative estimate of drug-likeness (QED) is 0.268. The maximum Gasteiger partial charge on any atom is 0.321 e. The summed E-state index contributed by atoms with van der Waals surface area (Å²) >= 11 is 0. The van der Waals surface area contributed by atoms with Gasteiger partial charge in [-0.05, 0) is 48.3 Å². The molecule has 0 aliphatic carbocycles. The van der Waals surface area contributed by atoms with Crippen LogP contribution in [-0.4, -0.2) is 47.7 Å². The first-order valence-corrected chi connectivity index (χ1v) is 12.8. The molecule has 2 N–H and O–H groups in total. The number of benzene rings is 1. The fourth-order valence-corrected chi connectivity index (χ4v) is 3.37. The van der Waals surface area contributed by atoms with Gasteiger partial charge in [-0.1, -0.05) is 54.5 Å². The molecule has 0 amide bonds. The Labute approximate surface area is 220 Å². The van der Waals surface area contributed by atoms with Gasteiger partial charge in [0.25, 0.3) is 0 Å². The second-order valence-corrected chi connectivity index (χ2v) is 11.5. The van der Waals surface area contributed by atoms with Crippen molar-refractivity contribution in [2.45, 2.75) is 93.2 Å². The van der Waals surface area contributed by atoms with E-state index in [1.54, 1.807) is 13.0 Å². The van der Waals surface area contributed by atoms with Gasteiger partial charge in [0.2, 0.25) is 0 Å². The van der Waals surface area contributed by atoms with E-state index in [9.17, 15) is 24.3 Å². The number of carbonyl (C=O) groups excluding carboxylic acids is 3. The van der Waals surface area contributed by atoms with Crippen LogP contribution in [-0.2, 0) is 30.3 Å². The van der Waals surface area contributed by atoms with Crippen molar-refractivity contribution < 1.29 is 38.5 Å². The molecule has 0 aliphatic heterocycles. The zero-order valence-corrected chi connectivity index (χ0v) is 23.4. The summed E-state index contributed by atoms with van der Waals surface area (Å²) in [6.07, 6.45) is 0.172. The largest absolute Gasteiger partial charge is 0.480 e. The van der Waals surface area contributed by atoms with Gasteiger partial charge in [0, 0.05) is 19.4 Å². The number of carboxylic acid groups (broad SMARTS) is 1. The molecule has 0 saturated heterocycles. The molecule has 2 atom stereocenters. The van der Waals surface area contributed by atoms with Crippen molar-refractivity contribution in [3.63, 3.8) is 0 Å². The molecular weight excluding hydrogens is 478 g/mol. The number of carboxylic acids is 1. The number of ether oxygens (including phenoxy) is 3. The first-order chi connectivity index (χ1) is 17.1. The molecule has 0 spiro atoms. The van der Waals surface area contributed by atoms with E-state index in [1.807, 2.05) is 48.5 Å². The third kappa shape index (κ3) is 13.8. The van der Waals surface area contributed by atoms with Crippen molar-refractivity contribution >= 4 is 23.9 Å². The zero-order valence-electron chi connectivity index (χ0n) is 23.4. The summed E-state index contributed by atoms with van der Waals surface area (Å²) in [4.78, 5) is 48.5. The molecule has 1 aromatic rings. The van der Waals surface area contributed by atoms with Crippen LogP contribution in [0.5, 0.6) is 11.5 Å². The summed E-state index contributed by atoms with van der Waals surface area (Å²) in [6, 6.07) is 3.65. The van der Waals surface area contributed by atoms with E-state index < -0.39 is 30.1 Å². The van der Waals surface area contributed by atoms with Crippen molar-refractivity contribution in [1.29, 1.82) is 0 Å². The molecule has 0 saturated carbocycles. The van der Waals surface area contributed by atoms with E-state index in [0.717, 1.165) is 0 Å². The monoisotopic (exact) mass is 521 g/mol. The molecule has 0 fully saturated rings.